The lowest BCUT2D eigenvalue weighted by Crippen LogP contribution is -2.42. The Morgan fingerprint density at radius 2 is 2.06 bits per heavy atom. The van der Waals surface area contributed by atoms with E-state index in [1.165, 1.54) is 12.1 Å². The number of fused-ring (bicyclic) bond motifs is 2. The van der Waals surface area contributed by atoms with Crippen molar-refractivity contribution in [3.05, 3.63) is 53.2 Å². The van der Waals surface area contributed by atoms with Gasteiger partial charge in [-0.2, -0.15) is 10.1 Å². The number of aryl methyl sites for hydroxylation is 1. The van der Waals surface area contributed by atoms with Crippen LogP contribution in [-0.4, -0.2) is 39.9 Å². The molecule has 2 aromatic heterocycles. The minimum absolute atomic E-state index is 0.0825. The molecule has 1 unspecified atom stereocenters. The van der Waals surface area contributed by atoms with E-state index in [9.17, 15) is 4.39 Å². The van der Waals surface area contributed by atoms with Gasteiger partial charge in [-0.25, -0.2) is 14.1 Å². The van der Waals surface area contributed by atoms with Crippen molar-refractivity contribution in [3.8, 4) is 17.6 Å². The number of ether oxygens (including phenoxy) is 2. The van der Waals surface area contributed by atoms with Crippen LogP contribution in [0.5, 0.6) is 17.6 Å². The maximum Gasteiger partial charge on any atom is 0.320 e. The van der Waals surface area contributed by atoms with E-state index >= 15 is 0 Å². The smallest absolute Gasteiger partial charge is 0.320 e. The summed E-state index contributed by atoms with van der Waals surface area (Å²) in [5, 5.41) is 4.08. The van der Waals surface area contributed by atoms with Gasteiger partial charge in [0.1, 0.15) is 11.6 Å². The highest BCUT2D eigenvalue weighted by atomic mass is 35.5. The van der Waals surface area contributed by atoms with Crippen LogP contribution in [-0.2, 0) is 12.9 Å². The number of methoxy groups -OCH3 is 1. The Kier molecular flexibility index (Phi) is 4.64. The van der Waals surface area contributed by atoms with E-state index in [2.05, 4.69) is 20.0 Å². The summed E-state index contributed by atoms with van der Waals surface area (Å²) in [6, 6.07) is 7.16. The van der Waals surface area contributed by atoms with E-state index in [1.807, 2.05) is 12.1 Å². The van der Waals surface area contributed by atoms with Crippen LogP contribution < -0.4 is 14.4 Å². The Balaban J connectivity index is 1.39. The van der Waals surface area contributed by atoms with Crippen molar-refractivity contribution in [2.45, 2.75) is 32.6 Å². The number of benzene rings is 1. The van der Waals surface area contributed by atoms with Crippen molar-refractivity contribution in [2.75, 3.05) is 25.1 Å². The van der Waals surface area contributed by atoms with Gasteiger partial charge >= 0.3 is 6.01 Å². The molecular weight excluding hydrogens is 445 g/mol. The number of anilines is 1. The van der Waals surface area contributed by atoms with Crippen LogP contribution in [0.4, 0.5) is 10.1 Å². The number of hydrogen-bond donors (Lipinski definition) is 0. The third-order valence-corrected chi connectivity index (χ3v) is 6.86. The number of hydrogen-bond acceptors (Lipinski definition) is 6. The number of aromatic nitrogens is 4. The summed E-state index contributed by atoms with van der Waals surface area (Å²) in [6.07, 6.45) is 4.27. The average molecular weight is 477 g/mol. The van der Waals surface area contributed by atoms with Crippen LogP contribution in [0.15, 0.2) is 36.5 Å². The highest BCUT2D eigenvalue weighted by Gasteiger charge is 2.42. The second-order valence-electron chi connectivity index (χ2n) is 8.44. The van der Waals surface area contributed by atoms with E-state index in [0.29, 0.717) is 34.6 Å². The monoisotopic (exact) mass is 476 g/mol. The normalized spacial score (nSPS) is 25.0. The molecular formula is C24H27ClFN5O2. The van der Waals surface area contributed by atoms with Gasteiger partial charge in [0.2, 0.25) is 5.88 Å². The lowest BCUT2D eigenvalue weighted by molar-refractivity contribution is 0.265. The van der Waals surface area contributed by atoms with Crippen molar-refractivity contribution in [2.24, 2.45) is 17.8 Å². The van der Waals surface area contributed by atoms with E-state index in [0.717, 1.165) is 37.7 Å². The van der Waals surface area contributed by atoms with Crippen LogP contribution in [0.25, 0.3) is 0 Å². The largest absolute Gasteiger partial charge is 0.481 e. The molecule has 0 amide bonds. The average Bonchev–Trinajstić information content (AvgIpc) is 3.36. The predicted molar refractivity (Wildman–Crippen MR) is 124 cm³/mol. The number of rotatable bonds is 7. The lowest BCUT2D eigenvalue weighted by atomic mass is 9.82. The minimum Gasteiger partial charge on any atom is -0.481 e. The fraction of sp³-hybridized carbons (Fsp3) is 0.458. The van der Waals surface area contributed by atoms with Crippen molar-refractivity contribution in [1.29, 1.82) is 0 Å². The van der Waals surface area contributed by atoms with Gasteiger partial charge in [0.05, 0.1) is 14.9 Å². The molecule has 1 saturated carbocycles. The zero-order valence-corrected chi connectivity index (χ0v) is 18.8. The number of pyridine rings is 1. The summed E-state index contributed by atoms with van der Waals surface area (Å²) in [5.41, 5.74) is 1.05. The molecule has 0 N–H and O–H groups in total. The Bertz CT molecular complexity index is 1310. The van der Waals surface area contributed by atoms with Gasteiger partial charge in [0.25, 0.3) is 0 Å². The molecule has 1 aromatic carbocycles. The van der Waals surface area contributed by atoms with Gasteiger partial charge in [0.15, 0.2) is 5.82 Å². The molecule has 3 aromatic rings. The summed E-state index contributed by atoms with van der Waals surface area (Å²) in [7, 11) is 1.59. The van der Waals surface area contributed by atoms with Gasteiger partial charge in [-0.1, -0.05) is 11.6 Å². The van der Waals surface area contributed by atoms with E-state index < -0.39 is 19.2 Å². The maximum atomic E-state index is 13.6. The Hall–Kier alpha value is -2.87. The molecule has 2 bridgehead atoms. The summed E-state index contributed by atoms with van der Waals surface area (Å²) < 4.78 is 64.9. The Morgan fingerprint density at radius 3 is 2.79 bits per heavy atom. The molecule has 7 nitrogen and oxygen atoms in total. The Morgan fingerprint density at radius 1 is 1.24 bits per heavy atom. The maximum absolute atomic E-state index is 13.6. The number of halogens is 2. The van der Waals surface area contributed by atoms with Gasteiger partial charge in [0, 0.05) is 54.1 Å². The SMILES string of the molecule is [2H]C([2H])([2H])C([2H])([2H])n1nc(CC2[C@@H]3CC[C@H]2CN(c2ccnc(OC)c2)C3)nc1Oc1ccc(F)c(Cl)c1. The van der Waals surface area contributed by atoms with E-state index in [-0.39, 0.29) is 22.7 Å². The molecule has 9 heteroatoms. The fourth-order valence-electron chi connectivity index (χ4n) is 5.01. The standard InChI is InChI=1S/C24H27ClFN5O2/c1-3-31-24(33-18-6-7-21(26)20(25)11-18)28-22(29-31)12-19-15-4-5-16(19)14-30(13-15)17-8-9-27-23(10-17)32-2/h6-11,15-16,19H,3-5,12-14H2,1-2H3/t15-,16+,19?/i1D3,3D2. The van der Waals surface area contributed by atoms with Crippen LogP contribution in [0.2, 0.25) is 5.02 Å². The second kappa shape index (κ2) is 9.17. The zero-order valence-electron chi connectivity index (χ0n) is 23.0. The first-order valence-corrected chi connectivity index (χ1v) is 11.2. The minimum atomic E-state index is -3.04. The lowest BCUT2D eigenvalue weighted by Gasteiger charge is -2.39. The number of piperidine rings is 1. The van der Waals surface area contributed by atoms with E-state index in [1.54, 1.807) is 13.3 Å². The molecule has 3 heterocycles. The van der Waals surface area contributed by atoms with Gasteiger partial charge in [-0.15, -0.1) is 0 Å². The molecule has 2 fully saturated rings. The van der Waals surface area contributed by atoms with Crippen LogP contribution in [0.1, 0.15) is 32.4 Å². The molecule has 5 rings (SSSR count). The predicted octanol–water partition coefficient (Wildman–Crippen LogP) is 4.99. The van der Waals surface area contributed by atoms with Crippen molar-refractivity contribution in [1.82, 2.24) is 19.7 Å². The van der Waals surface area contributed by atoms with Crippen LogP contribution >= 0.6 is 11.6 Å². The van der Waals surface area contributed by atoms with E-state index in [4.69, 9.17) is 27.9 Å². The van der Waals surface area contributed by atoms with Crippen molar-refractivity contribution < 1.29 is 20.7 Å². The molecule has 1 aliphatic carbocycles. The zero-order chi connectivity index (χ0) is 27.2. The fourth-order valence-corrected chi connectivity index (χ4v) is 5.18. The molecule has 2 aliphatic rings. The van der Waals surface area contributed by atoms with Crippen molar-refractivity contribution in [3.63, 3.8) is 0 Å². The summed E-state index contributed by atoms with van der Waals surface area (Å²) in [6.45, 7) is -4.25. The molecule has 0 spiro atoms. The molecule has 0 radical (unpaired) electrons. The molecule has 33 heavy (non-hydrogen) atoms. The molecule has 174 valence electrons. The Labute approximate surface area is 204 Å². The number of nitrogens with zero attached hydrogens (tertiary/aromatic N) is 5. The second-order valence-corrected chi connectivity index (χ2v) is 8.85. The first-order chi connectivity index (χ1) is 18.0. The quantitative estimate of drug-likeness (QED) is 0.478. The third-order valence-electron chi connectivity index (χ3n) is 6.57. The highest BCUT2D eigenvalue weighted by molar-refractivity contribution is 6.30. The first kappa shape index (κ1) is 16.7. The van der Waals surface area contributed by atoms with Crippen molar-refractivity contribution >= 4 is 17.3 Å². The summed E-state index contributed by atoms with van der Waals surface area (Å²) in [4.78, 5) is 10.9. The van der Waals surface area contributed by atoms with Crippen LogP contribution in [0.3, 0.4) is 0 Å². The highest BCUT2D eigenvalue weighted by Crippen LogP contribution is 2.44. The molecule has 1 saturated heterocycles. The summed E-state index contributed by atoms with van der Waals surface area (Å²) in [5.74, 6) is 1.26. The molecule has 1 aliphatic heterocycles. The summed E-state index contributed by atoms with van der Waals surface area (Å²) >= 11 is 5.85. The third kappa shape index (κ3) is 4.49. The van der Waals surface area contributed by atoms with Gasteiger partial charge in [-0.3, -0.25) is 0 Å². The molecule has 3 atom stereocenters. The van der Waals surface area contributed by atoms with Gasteiger partial charge in [-0.05, 0) is 55.6 Å². The topological polar surface area (TPSA) is 65.3 Å². The first-order valence-electron chi connectivity index (χ1n) is 13.3. The van der Waals surface area contributed by atoms with Gasteiger partial charge < -0.3 is 14.4 Å². The van der Waals surface area contributed by atoms with Crippen LogP contribution in [0, 0.1) is 23.6 Å².